The predicted octanol–water partition coefficient (Wildman–Crippen LogP) is 2.98. The van der Waals surface area contributed by atoms with Crippen molar-refractivity contribution >= 4 is 11.0 Å². The largest absolute Gasteiger partial charge is 0.451 e. The van der Waals surface area contributed by atoms with Crippen molar-refractivity contribution < 1.29 is 8.83 Å². The number of furan rings is 1. The molecule has 1 N–H and O–H groups in total. The molecule has 2 aromatic heterocycles. The summed E-state index contributed by atoms with van der Waals surface area (Å²) in [6.45, 7) is 4.69. The Balaban J connectivity index is 1.85. The molecule has 2 heterocycles. The number of rotatable bonds is 4. The van der Waals surface area contributed by atoms with Crippen LogP contribution in [0.25, 0.3) is 22.6 Å². The second kappa shape index (κ2) is 4.85. The molecule has 98 valence electrons. The Morgan fingerprint density at radius 1 is 1.16 bits per heavy atom. The van der Waals surface area contributed by atoms with Gasteiger partial charge >= 0.3 is 0 Å². The van der Waals surface area contributed by atoms with Gasteiger partial charge in [0.1, 0.15) is 5.58 Å². The quantitative estimate of drug-likeness (QED) is 0.778. The van der Waals surface area contributed by atoms with E-state index in [1.165, 1.54) is 0 Å². The van der Waals surface area contributed by atoms with E-state index in [1.807, 2.05) is 30.3 Å². The van der Waals surface area contributed by atoms with Gasteiger partial charge in [0.15, 0.2) is 5.76 Å². The molecule has 5 nitrogen and oxygen atoms in total. The zero-order valence-corrected chi connectivity index (χ0v) is 10.9. The summed E-state index contributed by atoms with van der Waals surface area (Å²) in [6.07, 6.45) is 0. The third-order valence-corrected chi connectivity index (χ3v) is 2.76. The molecule has 0 spiro atoms. The first-order chi connectivity index (χ1) is 9.22. The number of benzene rings is 1. The van der Waals surface area contributed by atoms with E-state index in [2.05, 4.69) is 29.4 Å². The summed E-state index contributed by atoms with van der Waals surface area (Å²) in [5.74, 6) is 1.57. The van der Waals surface area contributed by atoms with Crippen molar-refractivity contribution in [3.63, 3.8) is 0 Å². The van der Waals surface area contributed by atoms with Gasteiger partial charge in [0.25, 0.3) is 5.89 Å². The highest BCUT2D eigenvalue weighted by atomic mass is 16.4. The van der Waals surface area contributed by atoms with E-state index in [1.54, 1.807) is 0 Å². The van der Waals surface area contributed by atoms with E-state index >= 15 is 0 Å². The zero-order valence-electron chi connectivity index (χ0n) is 10.9. The maximum Gasteiger partial charge on any atom is 0.283 e. The van der Waals surface area contributed by atoms with Crippen LogP contribution in [0.3, 0.4) is 0 Å². The molecule has 0 radical (unpaired) electrons. The van der Waals surface area contributed by atoms with Crippen LogP contribution in [0.5, 0.6) is 0 Å². The van der Waals surface area contributed by atoms with Crippen molar-refractivity contribution in [1.29, 1.82) is 0 Å². The van der Waals surface area contributed by atoms with E-state index in [0.717, 1.165) is 11.0 Å². The maximum atomic E-state index is 5.68. The molecule has 0 aliphatic carbocycles. The Kier molecular flexibility index (Phi) is 3.05. The van der Waals surface area contributed by atoms with Crippen molar-refractivity contribution in [3.05, 3.63) is 36.2 Å². The molecule has 0 unspecified atom stereocenters. The van der Waals surface area contributed by atoms with E-state index in [9.17, 15) is 0 Å². The minimum absolute atomic E-state index is 0.376. The normalized spacial score (nSPS) is 11.5. The molecule has 0 aliphatic rings. The molecule has 19 heavy (non-hydrogen) atoms. The number of nitrogens with zero attached hydrogens (tertiary/aromatic N) is 2. The smallest absolute Gasteiger partial charge is 0.283 e. The topological polar surface area (TPSA) is 64.1 Å². The Labute approximate surface area is 110 Å². The summed E-state index contributed by atoms with van der Waals surface area (Å²) in [7, 11) is 0. The van der Waals surface area contributed by atoms with Crippen molar-refractivity contribution in [2.75, 3.05) is 0 Å². The van der Waals surface area contributed by atoms with Crippen LogP contribution in [0.2, 0.25) is 0 Å². The lowest BCUT2D eigenvalue weighted by Gasteiger charge is -2.03. The second-order valence-corrected chi connectivity index (χ2v) is 4.69. The molecule has 0 fully saturated rings. The number of hydrogen-bond acceptors (Lipinski definition) is 5. The molecule has 3 rings (SSSR count). The highest BCUT2D eigenvalue weighted by Crippen LogP contribution is 2.26. The monoisotopic (exact) mass is 257 g/mol. The van der Waals surface area contributed by atoms with Crippen molar-refractivity contribution in [2.45, 2.75) is 26.4 Å². The van der Waals surface area contributed by atoms with Crippen molar-refractivity contribution in [2.24, 2.45) is 0 Å². The highest BCUT2D eigenvalue weighted by Gasteiger charge is 2.13. The Hall–Kier alpha value is -2.14. The van der Waals surface area contributed by atoms with Crippen LogP contribution in [-0.2, 0) is 6.54 Å². The molecule has 0 amide bonds. The molecule has 0 bridgehead atoms. The fraction of sp³-hybridized carbons (Fsp3) is 0.286. The van der Waals surface area contributed by atoms with Crippen LogP contribution in [0.4, 0.5) is 0 Å². The number of para-hydroxylation sites is 1. The summed E-state index contributed by atoms with van der Waals surface area (Å²) in [4.78, 5) is 0. The van der Waals surface area contributed by atoms with Crippen LogP contribution in [0.15, 0.2) is 39.2 Å². The first kappa shape index (κ1) is 11.9. The molecule has 5 heteroatoms. The van der Waals surface area contributed by atoms with Gasteiger partial charge in [-0.05, 0) is 12.1 Å². The third-order valence-electron chi connectivity index (χ3n) is 2.76. The molecular formula is C14H15N3O2. The van der Waals surface area contributed by atoms with Crippen LogP contribution < -0.4 is 5.32 Å². The summed E-state index contributed by atoms with van der Waals surface area (Å²) in [6, 6.07) is 10.1. The van der Waals surface area contributed by atoms with Crippen LogP contribution in [-0.4, -0.2) is 16.2 Å². The first-order valence-electron chi connectivity index (χ1n) is 6.27. The Bertz CT molecular complexity index is 652. The van der Waals surface area contributed by atoms with Gasteiger partial charge in [-0.1, -0.05) is 32.0 Å². The van der Waals surface area contributed by atoms with Gasteiger partial charge in [0, 0.05) is 11.4 Å². The molecule has 1 aromatic carbocycles. The van der Waals surface area contributed by atoms with Crippen molar-refractivity contribution in [3.8, 4) is 11.7 Å². The lowest BCUT2D eigenvalue weighted by Crippen LogP contribution is -2.21. The van der Waals surface area contributed by atoms with Crippen LogP contribution in [0, 0.1) is 0 Å². The number of aromatic nitrogens is 2. The first-order valence-corrected chi connectivity index (χ1v) is 6.27. The number of hydrogen-bond donors (Lipinski definition) is 1. The average Bonchev–Trinajstić information content (AvgIpc) is 3.02. The minimum Gasteiger partial charge on any atom is -0.451 e. The van der Waals surface area contributed by atoms with Gasteiger partial charge in [0.05, 0.1) is 6.54 Å². The van der Waals surface area contributed by atoms with E-state index < -0.39 is 0 Å². The molecule has 0 saturated heterocycles. The number of nitrogens with one attached hydrogen (secondary N) is 1. The van der Waals surface area contributed by atoms with E-state index in [0.29, 0.717) is 30.1 Å². The minimum atomic E-state index is 0.376. The van der Waals surface area contributed by atoms with Gasteiger partial charge in [-0.25, -0.2) is 0 Å². The fourth-order valence-electron chi connectivity index (χ4n) is 1.80. The fourth-order valence-corrected chi connectivity index (χ4v) is 1.80. The summed E-state index contributed by atoms with van der Waals surface area (Å²) in [5, 5.41) is 12.3. The van der Waals surface area contributed by atoms with Gasteiger partial charge in [-0.3, -0.25) is 0 Å². The molecule has 0 saturated carbocycles. The van der Waals surface area contributed by atoms with Gasteiger partial charge in [-0.15, -0.1) is 10.2 Å². The van der Waals surface area contributed by atoms with E-state index in [-0.39, 0.29) is 0 Å². The predicted molar refractivity (Wildman–Crippen MR) is 71.5 cm³/mol. The van der Waals surface area contributed by atoms with Crippen LogP contribution in [0.1, 0.15) is 19.7 Å². The van der Waals surface area contributed by atoms with Gasteiger partial charge < -0.3 is 14.2 Å². The third kappa shape index (κ3) is 2.51. The second-order valence-electron chi connectivity index (χ2n) is 4.69. The lowest BCUT2D eigenvalue weighted by molar-refractivity contribution is 0.450. The average molecular weight is 257 g/mol. The molecule has 0 aliphatic heterocycles. The Morgan fingerprint density at radius 2 is 2.00 bits per heavy atom. The van der Waals surface area contributed by atoms with Crippen molar-refractivity contribution in [1.82, 2.24) is 15.5 Å². The van der Waals surface area contributed by atoms with Crippen LogP contribution >= 0.6 is 0 Å². The summed E-state index contributed by atoms with van der Waals surface area (Å²) < 4.78 is 11.2. The lowest BCUT2D eigenvalue weighted by atomic mass is 10.2. The van der Waals surface area contributed by atoms with Gasteiger partial charge in [-0.2, -0.15) is 0 Å². The summed E-state index contributed by atoms with van der Waals surface area (Å²) in [5.41, 5.74) is 0.817. The molecule has 3 aromatic rings. The molecular weight excluding hydrogens is 242 g/mol. The zero-order chi connectivity index (χ0) is 13.2. The molecule has 0 atom stereocenters. The SMILES string of the molecule is CC(C)NCc1nnc(-c2cc3ccccc3o2)o1. The maximum absolute atomic E-state index is 5.68. The van der Waals surface area contributed by atoms with E-state index in [4.69, 9.17) is 8.83 Å². The number of fused-ring (bicyclic) bond motifs is 1. The van der Waals surface area contributed by atoms with Gasteiger partial charge in [0.2, 0.25) is 5.89 Å². The standard InChI is InChI=1S/C14H15N3O2/c1-9(2)15-8-13-16-17-14(19-13)12-7-10-5-3-4-6-11(10)18-12/h3-7,9,15H,8H2,1-2H3. The Morgan fingerprint density at radius 3 is 2.79 bits per heavy atom. The highest BCUT2D eigenvalue weighted by molar-refractivity contribution is 5.81. The summed E-state index contributed by atoms with van der Waals surface area (Å²) >= 11 is 0.